The molecule has 1 N–H and O–H groups in total. The molecule has 0 aromatic heterocycles. The molecule has 98 valence electrons. The summed E-state index contributed by atoms with van der Waals surface area (Å²) in [5, 5.41) is 8.86. The van der Waals surface area contributed by atoms with E-state index < -0.39 is 24.5 Å². The lowest BCUT2D eigenvalue weighted by atomic mass is 10.00. The van der Waals surface area contributed by atoms with Crippen LogP contribution in [0.25, 0.3) is 0 Å². The highest BCUT2D eigenvalue weighted by atomic mass is 127. The Balaban J connectivity index is 2.74. The van der Waals surface area contributed by atoms with Crippen LogP contribution in [0.2, 0.25) is 0 Å². The van der Waals surface area contributed by atoms with Crippen LogP contribution in [0.15, 0.2) is 36.4 Å². The van der Waals surface area contributed by atoms with Crippen LogP contribution in [0.1, 0.15) is 16.8 Å². The predicted octanol–water partition coefficient (Wildman–Crippen LogP) is 3.34. The van der Waals surface area contributed by atoms with Crippen molar-refractivity contribution in [2.75, 3.05) is 0 Å². The van der Waals surface area contributed by atoms with Gasteiger partial charge in [-0.15, -0.1) is 0 Å². The number of aliphatic hydroxyl groups is 1. The maximum absolute atomic E-state index is 12.1. The molecule has 1 unspecified atom stereocenters. The summed E-state index contributed by atoms with van der Waals surface area (Å²) >= 11 is 2.05. The first kappa shape index (κ1) is 15.2. The zero-order chi connectivity index (χ0) is 13.9. The number of benzene rings is 1. The second kappa shape index (κ2) is 5.83. The molecule has 18 heavy (non-hydrogen) atoms. The van der Waals surface area contributed by atoms with E-state index in [4.69, 9.17) is 5.11 Å². The number of ketones is 1. The average molecular weight is 370 g/mol. The predicted molar refractivity (Wildman–Crippen MR) is 69.3 cm³/mol. The van der Waals surface area contributed by atoms with E-state index in [2.05, 4.69) is 6.58 Å². The van der Waals surface area contributed by atoms with Gasteiger partial charge in [0.05, 0.1) is 0 Å². The first-order valence-electron chi connectivity index (χ1n) is 4.94. The molecule has 6 heteroatoms. The minimum Gasteiger partial charge on any atom is -0.383 e. The van der Waals surface area contributed by atoms with Gasteiger partial charge in [-0.25, -0.2) is 0 Å². The summed E-state index contributed by atoms with van der Waals surface area (Å²) < 4.78 is 37.3. The molecule has 0 saturated heterocycles. The fraction of sp³-hybridized carbons (Fsp3) is 0.250. The highest BCUT2D eigenvalue weighted by molar-refractivity contribution is 14.1. The number of carbonyl (C=O) groups excluding carboxylic acids is 1. The van der Waals surface area contributed by atoms with E-state index >= 15 is 0 Å². The van der Waals surface area contributed by atoms with Gasteiger partial charge in [0.1, 0.15) is 0 Å². The summed E-state index contributed by atoms with van der Waals surface area (Å²) in [5.74, 6) is -0.588. The lowest BCUT2D eigenvalue weighted by Gasteiger charge is -2.15. The molecule has 1 atom stereocenters. The zero-order valence-electron chi connectivity index (χ0n) is 9.17. The van der Waals surface area contributed by atoms with Crippen LogP contribution >= 0.6 is 22.6 Å². The molecule has 1 rings (SSSR count). The molecule has 0 fully saturated rings. The maximum atomic E-state index is 12.1. The van der Waals surface area contributed by atoms with Crippen molar-refractivity contribution in [3.8, 4) is 0 Å². The van der Waals surface area contributed by atoms with E-state index in [0.29, 0.717) is 0 Å². The molecule has 0 heterocycles. The number of aliphatic hydroxyl groups excluding tert-OH is 1. The van der Waals surface area contributed by atoms with Crippen molar-refractivity contribution in [2.24, 2.45) is 0 Å². The normalized spacial score (nSPS) is 13.2. The minimum atomic E-state index is -4.74. The van der Waals surface area contributed by atoms with Gasteiger partial charge in [0, 0.05) is 15.6 Å². The maximum Gasteiger partial charge on any atom is 0.414 e. The first-order chi connectivity index (χ1) is 8.21. The molecule has 1 aromatic carbocycles. The van der Waals surface area contributed by atoms with Crippen LogP contribution in [0.3, 0.4) is 0 Å². The smallest absolute Gasteiger partial charge is 0.383 e. The highest BCUT2D eigenvalue weighted by Gasteiger charge is 2.38. The van der Waals surface area contributed by atoms with E-state index in [1.807, 2.05) is 22.6 Å². The molecular weight excluding hydrogens is 360 g/mol. The average Bonchev–Trinajstić information content (AvgIpc) is 2.27. The molecule has 0 saturated carbocycles. The number of rotatable bonds is 4. The van der Waals surface area contributed by atoms with Crippen LogP contribution in [0.4, 0.5) is 13.2 Å². The third-order valence-corrected chi connectivity index (χ3v) is 2.96. The lowest BCUT2D eigenvalue weighted by Crippen LogP contribution is -2.29. The monoisotopic (exact) mass is 370 g/mol. The summed E-state index contributed by atoms with van der Waals surface area (Å²) in [6.45, 7) is 3.30. The van der Waals surface area contributed by atoms with Crippen molar-refractivity contribution >= 4 is 28.4 Å². The number of alkyl halides is 3. The Labute approximate surface area is 116 Å². The Bertz CT molecular complexity index is 451. The summed E-state index contributed by atoms with van der Waals surface area (Å²) in [7, 11) is 0. The number of hydrogen-bond acceptors (Lipinski definition) is 2. The van der Waals surface area contributed by atoms with Gasteiger partial charge in [-0.3, -0.25) is 4.79 Å². The van der Waals surface area contributed by atoms with E-state index in [9.17, 15) is 18.0 Å². The number of Topliss-reactive ketones (excluding diaryl/α,β-unsaturated/α-hetero) is 1. The van der Waals surface area contributed by atoms with Crippen molar-refractivity contribution in [1.82, 2.24) is 0 Å². The molecule has 0 amide bonds. The third-order valence-electron chi connectivity index (χ3n) is 2.25. The summed E-state index contributed by atoms with van der Waals surface area (Å²) in [6, 6.07) is 6.35. The fourth-order valence-electron chi connectivity index (χ4n) is 1.25. The van der Waals surface area contributed by atoms with E-state index in [0.717, 1.165) is 3.57 Å². The molecule has 0 aliphatic rings. The summed E-state index contributed by atoms with van der Waals surface area (Å²) in [4.78, 5) is 11.7. The molecule has 0 bridgehead atoms. The van der Waals surface area contributed by atoms with Crippen LogP contribution in [-0.4, -0.2) is 23.2 Å². The van der Waals surface area contributed by atoms with Gasteiger partial charge in [0.25, 0.3) is 0 Å². The molecule has 0 spiro atoms. The van der Waals surface area contributed by atoms with Crippen LogP contribution in [-0.2, 0) is 0 Å². The summed E-state index contributed by atoms with van der Waals surface area (Å²) in [5.41, 5.74) is -0.00387. The molecule has 1 aromatic rings. The Morgan fingerprint density at radius 2 is 1.83 bits per heavy atom. The fourth-order valence-corrected chi connectivity index (χ4v) is 1.61. The summed E-state index contributed by atoms with van der Waals surface area (Å²) in [6.07, 6.45) is -8.11. The second-order valence-corrected chi connectivity index (χ2v) is 4.95. The van der Waals surface area contributed by atoms with Crippen molar-refractivity contribution < 1.29 is 23.1 Å². The van der Waals surface area contributed by atoms with Crippen molar-refractivity contribution in [2.45, 2.75) is 18.7 Å². The Morgan fingerprint density at radius 3 is 2.28 bits per heavy atom. The Morgan fingerprint density at radius 1 is 1.33 bits per heavy atom. The van der Waals surface area contributed by atoms with Gasteiger partial charge < -0.3 is 5.11 Å². The zero-order valence-corrected chi connectivity index (χ0v) is 11.3. The van der Waals surface area contributed by atoms with Gasteiger partial charge in [0.15, 0.2) is 11.9 Å². The van der Waals surface area contributed by atoms with Crippen LogP contribution < -0.4 is 0 Å². The Hall–Kier alpha value is -0.890. The topological polar surface area (TPSA) is 37.3 Å². The molecule has 0 radical (unpaired) electrons. The van der Waals surface area contributed by atoms with Crippen LogP contribution in [0, 0.1) is 3.57 Å². The lowest BCUT2D eigenvalue weighted by molar-refractivity contribution is -0.202. The third kappa shape index (κ3) is 4.09. The van der Waals surface area contributed by atoms with Gasteiger partial charge >= 0.3 is 6.18 Å². The first-order valence-corrected chi connectivity index (χ1v) is 6.02. The van der Waals surface area contributed by atoms with Crippen molar-refractivity contribution in [3.63, 3.8) is 0 Å². The molecule has 0 aliphatic heterocycles. The van der Waals surface area contributed by atoms with Crippen molar-refractivity contribution in [1.29, 1.82) is 0 Å². The number of carbonyl (C=O) groups is 1. The molecular formula is C12H10F3IO2. The largest absolute Gasteiger partial charge is 0.414 e. The molecule has 0 aliphatic carbocycles. The minimum absolute atomic E-state index is 0.259. The quantitative estimate of drug-likeness (QED) is 0.502. The van der Waals surface area contributed by atoms with E-state index in [1.54, 1.807) is 12.1 Å². The van der Waals surface area contributed by atoms with Gasteiger partial charge in [-0.2, -0.15) is 13.2 Å². The standard InChI is InChI=1S/C12H10F3IO2/c1-7(6-10(17)12(13,14)15)11(18)8-2-4-9(16)5-3-8/h2-5,10,17H,1,6H2. The second-order valence-electron chi connectivity index (χ2n) is 3.70. The van der Waals surface area contributed by atoms with Crippen LogP contribution in [0.5, 0.6) is 0 Å². The van der Waals surface area contributed by atoms with Gasteiger partial charge in [-0.05, 0) is 40.3 Å². The Kier molecular flexibility index (Phi) is 4.92. The number of hydrogen-bond donors (Lipinski definition) is 1. The SMILES string of the molecule is C=C(CC(O)C(F)(F)F)C(=O)c1ccc(I)cc1. The molecule has 2 nitrogen and oxygen atoms in total. The number of halogens is 4. The van der Waals surface area contributed by atoms with E-state index in [-0.39, 0.29) is 11.1 Å². The van der Waals surface area contributed by atoms with Gasteiger partial charge in [-0.1, -0.05) is 18.7 Å². The van der Waals surface area contributed by atoms with E-state index in [1.165, 1.54) is 12.1 Å². The van der Waals surface area contributed by atoms with Crippen molar-refractivity contribution in [3.05, 3.63) is 45.6 Å². The van der Waals surface area contributed by atoms with Gasteiger partial charge in [0.2, 0.25) is 0 Å². The highest BCUT2D eigenvalue weighted by Crippen LogP contribution is 2.25.